The van der Waals surface area contributed by atoms with Gasteiger partial charge in [0.25, 0.3) is 0 Å². The van der Waals surface area contributed by atoms with Crippen molar-refractivity contribution in [2.75, 3.05) is 11.5 Å². The Balaban J connectivity index is 1.37. The molecule has 0 radical (unpaired) electrons. The molecule has 29 heavy (non-hydrogen) atoms. The molecule has 0 spiro atoms. The second-order valence-electron chi connectivity index (χ2n) is 6.02. The fourth-order valence-corrected chi connectivity index (χ4v) is 4.99. The first-order valence-electron chi connectivity index (χ1n) is 8.76. The number of furan rings is 2. The lowest BCUT2D eigenvalue weighted by Gasteiger charge is -2.10. The summed E-state index contributed by atoms with van der Waals surface area (Å²) in [6, 6.07) is 6.81. The van der Waals surface area contributed by atoms with E-state index in [0.717, 1.165) is 0 Å². The van der Waals surface area contributed by atoms with Crippen LogP contribution in [-0.4, -0.2) is 33.5 Å². The number of rotatable bonds is 10. The Morgan fingerprint density at radius 2 is 1.38 bits per heavy atom. The highest BCUT2D eigenvalue weighted by atomic mass is 32.2. The molecule has 2 N–H and O–H groups in total. The van der Waals surface area contributed by atoms with Crippen LogP contribution in [0.15, 0.2) is 54.3 Å². The van der Waals surface area contributed by atoms with Gasteiger partial charge in [0.2, 0.25) is 11.8 Å². The molecule has 0 saturated heterocycles. The maximum atomic E-state index is 12.1. The van der Waals surface area contributed by atoms with Crippen molar-refractivity contribution in [2.45, 2.75) is 34.6 Å². The summed E-state index contributed by atoms with van der Waals surface area (Å²) in [6.45, 7) is 3.72. The van der Waals surface area contributed by atoms with E-state index in [4.69, 9.17) is 8.83 Å². The maximum absolute atomic E-state index is 12.1. The fourth-order valence-electron chi connectivity index (χ4n) is 2.35. The molecule has 2 atom stereocenters. The van der Waals surface area contributed by atoms with E-state index in [9.17, 15) is 9.59 Å². The van der Waals surface area contributed by atoms with Crippen molar-refractivity contribution < 1.29 is 18.4 Å². The third kappa shape index (κ3) is 6.65. The van der Waals surface area contributed by atoms with E-state index in [1.165, 1.54) is 34.9 Å². The minimum atomic E-state index is -0.194. The van der Waals surface area contributed by atoms with Crippen LogP contribution in [0.5, 0.6) is 0 Å². The molecule has 0 aliphatic carbocycles. The van der Waals surface area contributed by atoms with Crippen LogP contribution in [0.3, 0.4) is 0 Å². The van der Waals surface area contributed by atoms with Crippen LogP contribution < -0.4 is 10.6 Å². The van der Waals surface area contributed by atoms with Crippen molar-refractivity contribution in [3.8, 4) is 0 Å². The molecule has 0 bridgehead atoms. The van der Waals surface area contributed by atoms with E-state index in [1.807, 2.05) is 26.0 Å². The Kier molecular flexibility index (Phi) is 7.78. The topological polar surface area (TPSA) is 110 Å². The van der Waals surface area contributed by atoms with Crippen LogP contribution in [-0.2, 0) is 9.59 Å². The summed E-state index contributed by atoms with van der Waals surface area (Å²) >= 11 is 3.97. The second kappa shape index (κ2) is 10.5. The number of nitrogens with one attached hydrogen (secondary N) is 2. The number of aromatic nitrogens is 2. The summed E-state index contributed by atoms with van der Waals surface area (Å²) in [5, 5.41) is 13.9. The van der Waals surface area contributed by atoms with E-state index < -0.39 is 0 Å². The van der Waals surface area contributed by atoms with Crippen molar-refractivity contribution in [1.29, 1.82) is 0 Å². The Bertz CT molecular complexity index is 839. The van der Waals surface area contributed by atoms with E-state index in [0.29, 0.717) is 20.2 Å². The van der Waals surface area contributed by atoms with Crippen LogP contribution in [0.4, 0.5) is 0 Å². The zero-order valence-electron chi connectivity index (χ0n) is 15.8. The molecule has 2 unspecified atom stereocenters. The number of nitrogens with zero attached hydrogens (tertiary/aromatic N) is 2. The Morgan fingerprint density at radius 1 is 0.931 bits per heavy atom. The van der Waals surface area contributed by atoms with Gasteiger partial charge < -0.3 is 19.5 Å². The molecule has 0 fully saturated rings. The van der Waals surface area contributed by atoms with Crippen molar-refractivity contribution in [1.82, 2.24) is 20.8 Å². The highest BCUT2D eigenvalue weighted by molar-refractivity contribution is 8.03. The number of carbonyl (C=O) groups excluding carboxylic acids is 2. The number of carbonyl (C=O) groups is 2. The fraction of sp³-hybridized carbons (Fsp3) is 0.333. The highest BCUT2D eigenvalue weighted by Crippen LogP contribution is 2.28. The molecule has 3 aromatic rings. The molecule has 3 aromatic heterocycles. The zero-order valence-corrected chi connectivity index (χ0v) is 18.2. The van der Waals surface area contributed by atoms with Gasteiger partial charge in [-0.2, -0.15) is 0 Å². The first-order valence-corrected chi connectivity index (χ1v) is 11.5. The third-order valence-electron chi connectivity index (χ3n) is 3.74. The van der Waals surface area contributed by atoms with Crippen LogP contribution in [0.1, 0.15) is 37.5 Å². The molecule has 0 saturated carbocycles. The van der Waals surface area contributed by atoms with Gasteiger partial charge in [0.15, 0.2) is 8.68 Å². The number of amides is 2. The van der Waals surface area contributed by atoms with Gasteiger partial charge in [0.1, 0.15) is 11.5 Å². The molecular weight excluding hydrogens is 432 g/mol. The molecule has 11 heteroatoms. The standard InChI is InChI=1S/C18H20N4O4S3/c1-11(13-5-3-7-25-13)19-15(23)9-27-17-21-22-18(29-17)28-10-16(24)20-12(2)14-6-4-8-26-14/h3-8,11-12H,9-10H2,1-2H3,(H,19,23)(H,20,24). The van der Waals surface area contributed by atoms with Gasteiger partial charge in [-0.05, 0) is 38.1 Å². The van der Waals surface area contributed by atoms with E-state index in [-0.39, 0.29) is 35.4 Å². The van der Waals surface area contributed by atoms with Gasteiger partial charge in [-0.3, -0.25) is 9.59 Å². The van der Waals surface area contributed by atoms with E-state index in [2.05, 4.69) is 20.8 Å². The van der Waals surface area contributed by atoms with E-state index >= 15 is 0 Å². The Hall–Kier alpha value is -2.24. The summed E-state index contributed by atoms with van der Waals surface area (Å²) in [5.41, 5.74) is 0. The normalized spacial score (nSPS) is 13.0. The first-order chi connectivity index (χ1) is 14.0. The summed E-state index contributed by atoms with van der Waals surface area (Å²) in [5.74, 6) is 1.64. The number of hydrogen-bond donors (Lipinski definition) is 2. The molecule has 8 nitrogen and oxygen atoms in total. The molecule has 3 heterocycles. The Morgan fingerprint density at radius 3 is 1.76 bits per heavy atom. The van der Waals surface area contributed by atoms with Gasteiger partial charge in [-0.15, -0.1) is 10.2 Å². The molecule has 2 amide bonds. The highest BCUT2D eigenvalue weighted by Gasteiger charge is 2.15. The van der Waals surface area contributed by atoms with Gasteiger partial charge in [-0.25, -0.2) is 0 Å². The predicted octanol–water partition coefficient (Wildman–Crippen LogP) is 3.66. The third-order valence-corrected chi connectivity index (χ3v) is 6.93. The molecule has 0 aliphatic rings. The molecular formula is C18H20N4O4S3. The van der Waals surface area contributed by atoms with Gasteiger partial charge >= 0.3 is 0 Å². The van der Waals surface area contributed by atoms with Crippen molar-refractivity contribution in [3.63, 3.8) is 0 Å². The monoisotopic (exact) mass is 452 g/mol. The smallest absolute Gasteiger partial charge is 0.231 e. The maximum Gasteiger partial charge on any atom is 0.231 e. The predicted molar refractivity (Wildman–Crippen MR) is 112 cm³/mol. The van der Waals surface area contributed by atoms with Crippen LogP contribution >= 0.6 is 34.9 Å². The van der Waals surface area contributed by atoms with Crippen molar-refractivity contribution >= 4 is 46.7 Å². The SMILES string of the molecule is CC(NC(=O)CSc1nnc(SCC(=O)NC(C)c2ccco2)s1)c1ccco1. The quantitative estimate of drug-likeness (QED) is 0.449. The van der Waals surface area contributed by atoms with Gasteiger partial charge in [-0.1, -0.05) is 34.9 Å². The van der Waals surface area contributed by atoms with Crippen LogP contribution in [0, 0.1) is 0 Å². The molecule has 0 aliphatic heterocycles. The lowest BCUT2D eigenvalue weighted by molar-refractivity contribution is -0.120. The summed E-state index contributed by atoms with van der Waals surface area (Å²) in [4.78, 5) is 24.1. The largest absolute Gasteiger partial charge is 0.467 e. The van der Waals surface area contributed by atoms with Gasteiger partial charge in [0.05, 0.1) is 36.1 Å². The Labute approximate surface area is 180 Å². The summed E-state index contributed by atoms with van der Waals surface area (Å²) < 4.78 is 11.9. The molecule has 3 rings (SSSR count). The number of thioether (sulfide) groups is 2. The first kappa shape index (κ1) is 21.5. The average molecular weight is 453 g/mol. The van der Waals surface area contributed by atoms with Crippen molar-refractivity contribution in [2.24, 2.45) is 0 Å². The minimum absolute atomic E-state index is 0.116. The van der Waals surface area contributed by atoms with Crippen LogP contribution in [0.25, 0.3) is 0 Å². The molecule has 0 aromatic carbocycles. The minimum Gasteiger partial charge on any atom is -0.467 e. The molecule has 154 valence electrons. The average Bonchev–Trinajstić information content (AvgIpc) is 3.47. The summed E-state index contributed by atoms with van der Waals surface area (Å²) in [7, 11) is 0. The zero-order chi connectivity index (χ0) is 20.6. The number of hydrogen-bond acceptors (Lipinski definition) is 9. The van der Waals surface area contributed by atoms with Crippen LogP contribution in [0.2, 0.25) is 0 Å². The lowest BCUT2D eigenvalue weighted by atomic mass is 10.2. The lowest BCUT2D eigenvalue weighted by Crippen LogP contribution is -2.27. The summed E-state index contributed by atoms with van der Waals surface area (Å²) in [6.07, 6.45) is 3.15. The van der Waals surface area contributed by atoms with E-state index in [1.54, 1.807) is 24.7 Å². The van der Waals surface area contributed by atoms with Gasteiger partial charge in [0, 0.05) is 0 Å². The second-order valence-corrected chi connectivity index (χ2v) is 9.44. The van der Waals surface area contributed by atoms with Crippen molar-refractivity contribution in [3.05, 3.63) is 48.3 Å².